The average molecular weight is 292 g/mol. The molecule has 1 aromatic rings. The van der Waals surface area contributed by atoms with E-state index in [1.807, 2.05) is 19.9 Å². The molecule has 0 saturated heterocycles. The van der Waals surface area contributed by atoms with Gasteiger partial charge in [-0.15, -0.1) is 0 Å². The highest BCUT2D eigenvalue weighted by Gasteiger charge is 2.74. The van der Waals surface area contributed by atoms with Crippen LogP contribution >= 0.6 is 0 Å². The monoisotopic (exact) mass is 292 g/mol. The van der Waals surface area contributed by atoms with Gasteiger partial charge in [0.2, 0.25) is 11.6 Å². The predicted molar refractivity (Wildman–Crippen MR) is 63.3 cm³/mol. The Hall–Kier alpha value is -1.59. The Kier molecular flexibility index (Phi) is 3.52. The zero-order valence-electron chi connectivity index (χ0n) is 10.9. The van der Waals surface area contributed by atoms with E-state index in [-0.39, 0.29) is 12.5 Å². The topological polar surface area (TPSA) is 9.23 Å². The van der Waals surface area contributed by atoms with E-state index in [2.05, 4.69) is 4.74 Å². The minimum atomic E-state index is -4.76. The van der Waals surface area contributed by atoms with Gasteiger partial charge >= 0.3 is 11.8 Å². The highest BCUT2D eigenvalue weighted by Crippen LogP contribution is 2.56. The highest BCUT2D eigenvalue weighted by atomic mass is 19.3. The van der Waals surface area contributed by atoms with Crippen LogP contribution in [0, 0.1) is 0 Å². The van der Waals surface area contributed by atoms with Crippen LogP contribution in [0.5, 0.6) is 0 Å². The van der Waals surface area contributed by atoms with Gasteiger partial charge in [-0.25, -0.2) is 4.39 Å². The molecule has 0 bridgehead atoms. The maximum Gasteiger partial charge on any atom is 0.375 e. The molecule has 1 aliphatic carbocycles. The smallest absolute Gasteiger partial charge is 0.375 e. The van der Waals surface area contributed by atoms with E-state index in [1.165, 1.54) is 0 Å². The maximum atomic E-state index is 13.0. The lowest BCUT2D eigenvalue weighted by Gasteiger charge is -2.35. The Bertz CT molecular complexity index is 548. The Morgan fingerprint density at radius 2 is 1.75 bits per heavy atom. The van der Waals surface area contributed by atoms with Crippen LogP contribution in [0.4, 0.5) is 22.0 Å². The van der Waals surface area contributed by atoms with E-state index in [1.54, 1.807) is 18.2 Å². The van der Waals surface area contributed by atoms with E-state index in [0.717, 1.165) is 5.56 Å². The number of rotatable bonds is 4. The Balaban J connectivity index is 2.11. The van der Waals surface area contributed by atoms with Crippen LogP contribution in [0.15, 0.2) is 35.9 Å². The summed E-state index contributed by atoms with van der Waals surface area (Å²) in [4.78, 5) is 0. The van der Waals surface area contributed by atoms with Gasteiger partial charge in [-0.3, -0.25) is 0 Å². The first kappa shape index (κ1) is 14.8. The number of alkyl halides is 4. The van der Waals surface area contributed by atoms with Gasteiger partial charge in [0.05, 0.1) is 0 Å². The standard InChI is InChI=1S/C14H13F5O/c1-8(2)10-5-3-4-9(6-10)7-20-12-11(15)13(16,17)14(12,18)19/h3-6,8H,7H2,1-2H3. The first-order chi connectivity index (χ1) is 9.18. The fourth-order valence-electron chi connectivity index (χ4n) is 1.85. The second-order valence-electron chi connectivity index (χ2n) is 4.98. The lowest BCUT2D eigenvalue weighted by molar-refractivity contribution is -0.233. The van der Waals surface area contributed by atoms with Gasteiger partial charge in [-0.2, -0.15) is 17.6 Å². The third kappa shape index (κ3) is 2.17. The summed E-state index contributed by atoms with van der Waals surface area (Å²) < 4.78 is 68.5. The minimum absolute atomic E-state index is 0.223. The maximum absolute atomic E-state index is 13.0. The van der Waals surface area contributed by atoms with Gasteiger partial charge < -0.3 is 4.74 Å². The Morgan fingerprint density at radius 1 is 1.10 bits per heavy atom. The lowest BCUT2D eigenvalue weighted by atomic mass is 9.95. The lowest BCUT2D eigenvalue weighted by Crippen LogP contribution is -2.53. The molecule has 0 N–H and O–H groups in total. The fraction of sp³-hybridized carbons (Fsp3) is 0.429. The van der Waals surface area contributed by atoms with E-state index in [9.17, 15) is 22.0 Å². The van der Waals surface area contributed by atoms with Crippen molar-refractivity contribution in [3.63, 3.8) is 0 Å². The summed E-state index contributed by atoms with van der Waals surface area (Å²) in [7, 11) is 0. The molecule has 0 radical (unpaired) electrons. The zero-order chi connectivity index (χ0) is 15.1. The van der Waals surface area contributed by atoms with Crippen LogP contribution in [0.2, 0.25) is 0 Å². The summed E-state index contributed by atoms with van der Waals surface area (Å²) in [5.74, 6) is -12.9. The van der Waals surface area contributed by atoms with Crippen molar-refractivity contribution in [3.8, 4) is 0 Å². The van der Waals surface area contributed by atoms with Gasteiger partial charge in [0.1, 0.15) is 6.61 Å². The number of allylic oxidation sites excluding steroid dienone is 2. The molecule has 0 atom stereocenters. The molecule has 20 heavy (non-hydrogen) atoms. The molecule has 0 aromatic heterocycles. The van der Waals surface area contributed by atoms with Gasteiger partial charge in [-0.1, -0.05) is 38.1 Å². The van der Waals surface area contributed by atoms with Crippen LogP contribution in [0.25, 0.3) is 0 Å². The van der Waals surface area contributed by atoms with Crippen molar-refractivity contribution >= 4 is 0 Å². The van der Waals surface area contributed by atoms with Crippen molar-refractivity contribution in [1.29, 1.82) is 0 Å². The van der Waals surface area contributed by atoms with Crippen molar-refractivity contribution in [2.75, 3.05) is 0 Å². The largest absolute Gasteiger partial charge is 0.484 e. The quantitative estimate of drug-likeness (QED) is 0.725. The Morgan fingerprint density at radius 3 is 2.30 bits per heavy atom. The molecule has 0 amide bonds. The first-order valence-electron chi connectivity index (χ1n) is 6.06. The summed E-state index contributed by atoms with van der Waals surface area (Å²) in [6.07, 6.45) is 0. The molecule has 0 unspecified atom stereocenters. The van der Waals surface area contributed by atoms with E-state index in [0.29, 0.717) is 5.56 Å². The summed E-state index contributed by atoms with van der Waals surface area (Å²) in [5.41, 5.74) is 1.47. The van der Waals surface area contributed by atoms with E-state index in [4.69, 9.17) is 0 Å². The number of hydrogen-bond acceptors (Lipinski definition) is 1. The van der Waals surface area contributed by atoms with Crippen LogP contribution in [0.3, 0.4) is 0 Å². The summed E-state index contributed by atoms with van der Waals surface area (Å²) in [6, 6.07) is 6.85. The fourth-order valence-corrected chi connectivity index (χ4v) is 1.85. The zero-order valence-corrected chi connectivity index (χ0v) is 10.9. The van der Waals surface area contributed by atoms with Crippen molar-refractivity contribution in [2.24, 2.45) is 0 Å². The van der Waals surface area contributed by atoms with Gasteiger partial charge in [0.15, 0.2) is 0 Å². The van der Waals surface area contributed by atoms with Gasteiger partial charge in [0, 0.05) is 0 Å². The summed E-state index contributed by atoms with van der Waals surface area (Å²) in [5, 5.41) is 0. The molecule has 0 spiro atoms. The average Bonchev–Trinajstić information content (AvgIpc) is 2.38. The molecule has 1 aliphatic rings. The molecule has 0 aliphatic heterocycles. The molecule has 1 nitrogen and oxygen atoms in total. The molecule has 110 valence electrons. The Labute approximate surface area is 113 Å². The van der Waals surface area contributed by atoms with Crippen molar-refractivity contribution in [2.45, 2.75) is 38.2 Å². The van der Waals surface area contributed by atoms with Crippen LogP contribution in [0.1, 0.15) is 30.9 Å². The van der Waals surface area contributed by atoms with Gasteiger partial charge in [-0.05, 0) is 17.0 Å². The van der Waals surface area contributed by atoms with Crippen LogP contribution in [-0.4, -0.2) is 11.8 Å². The molecule has 0 saturated carbocycles. The second kappa shape index (κ2) is 4.75. The van der Waals surface area contributed by atoms with Gasteiger partial charge in [0.25, 0.3) is 0 Å². The van der Waals surface area contributed by atoms with Crippen LogP contribution in [-0.2, 0) is 11.3 Å². The third-order valence-corrected chi connectivity index (χ3v) is 3.16. The number of hydrogen-bond donors (Lipinski definition) is 0. The van der Waals surface area contributed by atoms with E-state index < -0.39 is 23.4 Å². The molecule has 6 heteroatoms. The van der Waals surface area contributed by atoms with Crippen molar-refractivity contribution in [3.05, 3.63) is 47.0 Å². The SMILES string of the molecule is CC(C)c1cccc(COC2=C(F)C(F)(F)C2(F)F)c1. The molecule has 0 heterocycles. The highest BCUT2D eigenvalue weighted by molar-refractivity contribution is 5.35. The summed E-state index contributed by atoms with van der Waals surface area (Å²) in [6.45, 7) is 3.51. The van der Waals surface area contributed by atoms with Crippen molar-refractivity contribution in [1.82, 2.24) is 0 Å². The number of ether oxygens (including phenoxy) is 1. The van der Waals surface area contributed by atoms with Crippen molar-refractivity contribution < 1.29 is 26.7 Å². The molecule has 1 aromatic carbocycles. The summed E-state index contributed by atoms with van der Waals surface area (Å²) >= 11 is 0. The first-order valence-corrected chi connectivity index (χ1v) is 6.06. The normalized spacial score (nSPS) is 20.0. The van der Waals surface area contributed by atoms with Crippen LogP contribution < -0.4 is 0 Å². The third-order valence-electron chi connectivity index (χ3n) is 3.16. The minimum Gasteiger partial charge on any atom is -0.484 e. The molecular weight excluding hydrogens is 279 g/mol. The second-order valence-corrected chi connectivity index (χ2v) is 4.98. The molecule has 2 rings (SSSR count). The number of halogens is 5. The molecular formula is C14H13F5O. The number of benzene rings is 1. The van der Waals surface area contributed by atoms with E-state index >= 15 is 0 Å². The predicted octanol–water partition coefficient (Wildman–Crippen LogP) is 4.79. The molecule has 0 fully saturated rings.